The van der Waals surface area contributed by atoms with Crippen LogP contribution in [0, 0.1) is 25.2 Å². The van der Waals surface area contributed by atoms with Gasteiger partial charge in [-0.2, -0.15) is 10.4 Å². The minimum atomic E-state index is 0.511. The highest BCUT2D eigenvalue weighted by Crippen LogP contribution is 2.32. The Balaban J connectivity index is 2.38. The van der Waals surface area contributed by atoms with Crippen LogP contribution in [0.1, 0.15) is 16.8 Å². The highest BCUT2D eigenvalue weighted by atomic mass is 35.5. The Morgan fingerprint density at radius 3 is 2.75 bits per heavy atom. The molecule has 1 aromatic heterocycles. The molecular formula is C15H14ClN3O. The van der Waals surface area contributed by atoms with E-state index in [0.29, 0.717) is 16.7 Å². The minimum Gasteiger partial charge on any atom is -0.437 e. The third kappa shape index (κ3) is 2.84. The fraction of sp³-hybridized carbons (Fsp3) is 0.200. The lowest BCUT2D eigenvalue weighted by molar-refractivity contribution is 0.428. The van der Waals surface area contributed by atoms with E-state index in [1.807, 2.05) is 33.0 Å². The zero-order valence-corrected chi connectivity index (χ0v) is 12.3. The summed E-state index contributed by atoms with van der Waals surface area (Å²) in [6.07, 6.45) is 3.11. The standard InChI is InChI=1S/C15H14ClN3O/c1-10-11(2)18-19(3)15(10)20-14-9-12(5-4-8-17)6-7-13(14)16/h4-7,9H,1-3H3/b5-4+. The predicted octanol–water partition coefficient (Wildman–Crippen LogP) is 4.02. The first-order chi connectivity index (χ1) is 9.52. The van der Waals surface area contributed by atoms with Gasteiger partial charge in [0, 0.05) is 18.7 Å². The normalized spacial score (nSPS) is 10.8. The number of aryl methyl sites for hydroxylation is 2. The molecule has 5 heteroatoms. The average molecular weight is 288 g/mol. The Hall–Kier alpha value is -2.25. The molecule has 0 unspecified atom stereocenters. The molecule has 102 valence electrons. The first-order valence-electron chi connectivity index (χ1n) is 6.06. The van der Waals surface area contributed by atoms with E-state index in [9.17, 15) is 0 Å². The van der Waals surface area contributed by atoms with Gasteiger partial charge in [0.1, 0.15) is 5.75 Å². The molecule has 4 nitrogen and oxygen atoms in total. The Morgan fingerprint density at radius 2 is 2.15 bits per heavy atom. The molecule has 0 N–H and O–H groups in total. The molecular weight excluding hydrogens is 274 g/mol. The summed E-state index contributed by atoms with van der Waals surface area (Å²) in [4.78, 5) is 0. The van der Waals surface area contributed by atoms with Gasteiger partial charge in [0.2, 0.25) is 5.88 Å². The Morgan fingerprint density at radius 1 is 1.40 bits per heavy atom. The number of nitrogens with zero attached hydrogens (tertiary/aromatic N) is 3. The molecule has 1 aromatic carbocycles. The molecule has 0 aliphatic carbocycles. The van der Waals surface area contributed by atoms with Crippen LogP contribution in [0.2, 0.25) is 5.02 Å². The van der Waals surface area contributed by atoms with Crippen LogP contribution < -0.4 is 4.74 Å². The molecule has 0 aliphatic heterocycles. The van der Waals surface area contributed by atoms with Crippen molar-refractivity contribution < 1.29 is 4.74 Å². The van der Waals surface area contributed by atoms with Gasteiger partial charge >= 0.3 is 0 Å². The quantitative estimate of drug-likeness (QED) is 0.801. The summed E-state index contributed by atoms with van der Waals surface area (Å²) in [6.45, 7) is 3.88. The van der Waals surface area contributed by atoms with Gasteiger partial charge in [-0.05, 0) is 37.6 Å². The maximum atomic E-state index is 8.56. The van der Waals surface area contributed by atoms with Crippen molar-refractivity contribution in [2.24, 2.45) is 7.05 Å². The van der Waals surface area contributed by atoms with Crippen molar-refractivity contribution in [1.29, 1.82) is 5.26 Å². The maximum absolute atomic E-state index is 8.56. The summed E-state index contributed by atoms with van der Waals surface area (Å²) in [5, 5.41) is 13.4. The number of benzene rings is 1. The Kier molecular flexibility index (Phi) is 4.11. The Labute approximate surface area is 122 Å². The first-order valence-corrected chi connectivity index (χ1v) is 6.44. The molecule has 20 heavy (non-hydrogen) atoms. The van der Waals surface area contributed by atoms with Gasteiger partial charge in [-0.1, -0.05) is 17.7 Å². The van der Waals surface area contributed by atoms with Crippen LogP contribution in [0.4, 0.5) is 0 Å². The molecule has 0 fully saturated rings. The van der Waals surface area contributed by atoms with Gasteiger partial charge in [-0.25, -0.2) is 4.68 Å². The first kappa shape index (κ1) is 14.2. The summed E-state index contributed by atoms with van der Waals surface area (Å²) < 4.78 is 7.54. The number of hydrogen-bond acceptors (Lipinski definition) is 3. The number of halogens is 1. The third-order valence-electron chi connectivity index (χ3n) is 2.97. The highest BCUT2D eigenvalue weighted by molar-refractivity contribution is 6.32. The average Bonchev–Trinajstić information content (AvgIpc) is 2.66. The van der Waals surface area contributed by atoms with Crippen LogP contribution in [-0.2, 0) is 7.05 Å². The summed E-state index contributed by atoms with van der Waals surface area (Å²) in [6, 6.07) is 7.31. The van der Waals surface area contributed by atoms with E-state index in [1.165, 1.54) is 6.08 Å². The number of hydrogen-bond donors (Lipinski definition) is 0. The van der Waals surface area contributed by atoms with Crippen molar-refractivity contribution in [2.75, 3.05) is 0 Å². The number of rotatable bonds is 3. The molecule has 0 aliphatic rings. The highest BCUT2D eigenvalue weighted by Gasteiger charge is 2.13. The van der Waals surface area contributed by atoms with Crippen LogP contribution in [0.25, 0.3) is 6.08 Å². The van der Waals surface area contributed by atoms with Crippen molar-refractivity contribution >= 4 is 17.7 Å². The molecule has 0 atom stereocenters. The van der Waals surface area contributed by atoms with Crippen LogP contribution >= 0.6 is 11.6 Å². The van der Waals surface area contributed by atoms with Gasteiger partial charge in [0.25, 0.3) is 0 Å². The molecule has 0 bridgehead atoms. The Bertz CT molecular complexity index is 711. The van der Waals surface area contributed by atoms with E-state index >= 15 is 0 Å². The number of aromatic nitrogens is 2. The summed E-state index contributed by atoms with van der Waals surface area (Å²) in [5.41, 5.74) is 2.74. The topological polar surface area (TPSA) is 50.8 Å². The smallest absolute Gasteiger partial charge is 0.220 e. The number of nitriles is 1. The fourth-order valence-corrected chi connectivity index (χ4v) is 1.98. The van der Waals surface area contributed by atoms with Crippen molar-refractivity contribution in [3.05, 3.63) is 46.1 Å². The molecule has 0 saturated carbocycles. The second kappa shape index (κ2) is 5.81. The van der Waals surface area contributed by atoms with Crippen LogP contribution in [0.15, 0.2) is 24.3 Å². The van der Waals surface area contributed by atoms with Crippen molar-refractivity contribution in [3.8, 4) is 17.7 Å². The van der Waals surface area contributed by atoms with E-state index in [-0.39, 0.29) is 0 Å². The molecule has 2 rings (SSSR count). The molecule has 0 saturated heterocycles. The van der Waals surface area contributed by atoms with Crippen LogP contribution in [0.5, 0.6) is 11.6 Å². The second-order valence-electron chi connectivity index (χ2n) is 4.39. The molecule has 1 heterocycles. The van der Waals surface area contributed by atoms with E-state index in [0.717, 1.165) is 16.8 Å². The molecule has 0 amide bonds. The monoisotopic (exact) mass is 287 g/mol. The van der Waals surface area contributed by atoms with E-state index in [4.69, 9.17) is 21.6 Å². The van der Waals surface area contributed by atoms with Crippen LogP contribution in [0.3, 0.4) is 0 Å². The summed E-state index contributed by atoms with van der Waals surface area (Å²) >= 11 is 6.15. The SMILES string of the molecule is Cc1nn(C)c(Oc2cc(/C=C/C#N)ccc2Cl)c1C. The maximum Gasteiger partial charge on any atom is 0.220 e. The van der Waals surface area contributed by atoms with Gasteiger partial charge in [-0.15, -0.1) is 0 Å². The fourth-order valence-electron chi connectivity index (χ4n) is 1.82. The molecule has 0 radical (unpaired) electrons. The van der Waals surface area contributed by atoms with Gasteiger partial charge in [-0.3, -0.25) is 0 Å². The lowest BCUT2D eigenvalue weighted by Gasteiger charge is -2.09. The van der Waals surface area contributed by atoms with E-state index in [2.05, 4.69) is 5.10 Å². The van der Waals surface area contributed by atoms with Crippen molar-refractivity contribution in [2.45, 2.75) is 13.8 Å². The molecule has 0 spiro atoms. The van der Waals surface area contributed by atoms with E-state index < -0.39 is 0 Å². The number of allylic oxidation sites excluding steroid dienone is 1. The zero-order valence-electron chi connectivity index (χ0n) is 11.5. The zero-order chi connectivity index (χ0) is 14.7. The van der Waals surface area contributed by atoms with Crippen LogP contribution in [-0.4, -0.2) is 9.78 Å². The summed E-state index contributed by atoms with van der Waals surface area (Å²) in [5.74, 6) is 1.20. The largest absolute Gasteiger partial charge is 0.437 e. The minimum absolute atomic E-state index is 0.511. The molecule has 2 aromatic rings. The third-order valence-corrected chi connectivity index (χ3v) is 3.28. The second-order valence-corrected chi connectivity index (χ2v) is 4.80. The lowest BCUT2D eigenvalue weighted by atomic mass is 10.2. The predicted molar refractivity (Wildman–Crippen MR) is 78.9 cm³/mol. The van der Waals surface area contributed by atoms with Crippen molar-refractivity contribution in [1.82, 2.24) is 9.78 Å². The summed E-state index contributed by atoms with van der Waals surface area (Å²) in [7, 11) is 1.82. The van der Waals surface area contributed by atoms with Crippen molar-refractivity contribution in [3.63, 3.8) is 0 Å². The van der Waals surface area contributed by atoms with Gasteiger partial charge in [0.05, 0.1) is 16.8 Å². The number of ether oxygens (including phenoxy) is 1. The van der Waals surface area contributed by atoms with E-state index in [1.54, 1.807) is 22.9 Å². The lowest BCUT2D eigenvalue weighted by Crippen LogP contribution is -1.96. The van der Waals surface area contributed by atoms with Gasteiger partial charge < -0.3 is 4.74 Å². The van der Waals surface area contributed by atoms with Gasteiger partial charge in [0.15, 0.2) is 0 Å².